The number of rotatable bonds is 3. The van der Waals surface area contributed by atoms with Crippen LogP contribution in [0, 0.1) is 0 Å². The smallest absolute Gasteiger partial charge is 0.272 e. The number of hydrogen-bond acceptors (Lipinski definition) is 6. The van der Waals surface area contributed by atoms with Crippen LogP contribution < -0.4 is 0 Å². The minimum atomic E-state index is -0.209. The van der Waals surface area contributed by atoms with Crippen LogP contribution in [-0.4, -0.2) is 42.3 Å². The first-order chi connectivity index (χ1) is 12.2. The molecule has 4 heterocycles. The Morgan fingerprint density at radius 1 is 1.20 bits per heavy atom. The van der Waals surface area contributed by atoms with Gasteiger partial charge in [-0.2, -0.15) is 10.1 Å². The third kappa shape index (κ3) is 2.90. The van der Waals surface area contributed by atoms with E-state index in [4.69, 9.17) is 4.52 Å². The first-order valence-corrected chi connectivity index (χ1v) is 8.27. The molecule has 0 spiro atoms. The number of carbonyl (C=O) groups is 1. The fourth-order valence-corrected chi connectivity index (χ4v) is 3.15. The fourth-order valence-electron chi connectivity index (χ4n) is 3.15. The van der Waals surface area contributed by atoms with Crippen LogP contribution in [0.2, 0.25) is 0 Å². The van der Waals surface area contributed by atoms with Gasteiger partial charge in [-0.25, -0.2) is 0 Å². The quantitative estimate of drug-likeness (QED) is 0.727. The molecule has 1 aliphatic heterocycles. The molecule has 0 N–H and O–H groups in total. The van der Waals surface area contributed by atoms with Crippen LogP contribution in [0.25, 0.3) is 11.4 Å². The highest BCUT2D eigenvalue weighted by molar-refractivity contribution is 5.92. The molecule has 25 heavy (non-hydrogen) atoms. The number of aromatic nitrogens is 5. The number of pyridine rings is 1. The topological polar surface area (TPSA) is 89.9 Å². The highest BCUT2D eigenvalue weighted by Crippen LogP contribution is 2.32. The van der Waals surface area contributed by atoms with Crippen molar-refractivity contribution >= 4 is 5.91 Å². The Kier molecular flexibility index (Phi) is 4.01. The largest absolute Gasteiger partial charge is 0.337 e. The number of amides is 1. The van der Waals surface area contributed by atoms with Gasteiger partial charge in [0.15, 0.2) is 0 Å². The maximum absolute atomic E-state index is 12.9. The lowest BCUT2D eigenvalue weighted by Gasteiger charge is -2.33. The van der Waals surface area contributed by atoms with Gasteiger partial charge in [0.25, 0.3) is 5.91 Å². The van der Waals surface area contributed by atoms with Gasteiger partial charge >= 0.3 is 0 Å². The first kappa shape index (κ1) is 15.5. The average molecular weight is 338 g/mol. The molecule has 8 nitrogen and oxygen atoms in total. The predicted molar refractivity (Wildman–Crippen MR) is 88.4 cm³/mol. The molecule has 1 aliphatic rings. The first-order valence-electron chi connectivity index (χ1n) is 8.27. The maximum atomic E-state index is 12.9. The van der Waals surface area contributed by atoms with Gasteiger partial charge in [0, 0.05) is 37.7 Å². The maximum Gasteiger partial charge on any atom is 0.272 e. The van der Waals surface area contributed by atoms with E-state index in [2.05, 4.69) is 20.2 Å². The van der Waals surface area contributed by atoms with Gasteiger partial charge in [0.2, 0.25) is 11.7 Å². The molecule has 128 valence electrons. The molecule has 0 saturated carbocycles. The zero-order chi connectivity index (χ0) is 17.2. The normalized spacial score (nSPS) is 17.6. The zero-order valence-corrected chi connectivity index (χ0v) is 13.9. The Morgan fingerprint density at radius 3 is 2.80 bits per heavy atom. The van der Waals surface area contributed by atoms with Crippen molar-refractivity contribution in [2.75, 3.05) is 6.54 Å². The van der Waals surface area contributed by atoms with Crippen LogP contribution in [-0.2, 0) is 7.05 Å². The number of aryl methyl sites for hydroxylation is 1. The van der Waals surface area contributed by atoms with Crippen LogP contribution >= 0.6 is 0 Å². The van der Waals surface area contributed by atoms with Crippen molar-refractivity contribution in [1.82, 2.24) is 29.8 Å². The summed E-state index contributed by atoms with van der Waals surface area (Å²) in [6.07, 6.45) is 7.79. The second kappa shape index (κ2) is 6.46. The molecule has 1 amide bonds. The summed E-state index contributed by atoms with van der Waals surface area (Å²) < 4.78 is 7.08. The minimum absolute atomic E-state index is 0.0617. The molecular formula is C17H18N6O2. The van der Waals surface area contributed by atoms with Crippen molar-refractivity contribution < 1.29 is 9.32 Å². The van der Waals surface area contributed by atoms with Crippen LogP contribution in [0.4, 0.5) is 0 Å². The summed E-state index contributed by atoms with van der Waals surface area (Å²) in [7, 11) is 1.76. The third-order valence-electron chi connectivity index (χ3n) is 4.47. The van der Waals surface area contributed by atoms with Gasteiger partial charge in [-0.15, -0.1) is 0 Å². The number of carbonyl (C=O) groups excluding carboxylic acids is 1. The molecule has 1 fully saturated rings. The SMILES string of the molecule is Cn1nccc1C(=O)N1CCCC[C@@H]1c1nc(-c2ccncc2)no1. The summed E-state index contributed by atoms with van der Waals surface area (Å²) >= 11 is 0. The van der Waals surface area contributed by atoms with E-state index in [1.807, 2.05) is 17.0 Å². The van der Waals surface area contributed by atoms with Gasteiger partial charge in [0.1, 0.15) is 11.7 Å². The van der Waals surface area contributed by atoms with E-state index < -0.39 is 0 Å². The zero-order valence-electron chi connectivity index (χ0n) is 13.9. The van der Waals surface area contributed by atoms with Gasteiger partial charge in [-0.3, -0.25) is 14.5 Å². The Hall–Kier alpha value is -3.03. The van der Waals surface area contributed by atoms with Crippen molar-refractivity contribution in [1.29, 1.82) is 0 Å². The lowest BCUT2D eigenvalue weighted by molar-refractivity contribution is 0.0550. The molecule has 0 bridgehead atoms. The van der Waals surface area contributed by atoms with E-state index in [-0.39, 0.29) is 11.9 Å². The van der Waals surface area contributed by atoms with E-state index >= 15 is 0 Å². The Bertz CT molecular complexity index is 872. The Morgan fingerprint density at radius 2 is 2.04 bits per heavy atom. The molecule has 0 radical (unpaired) electrons. The van der Waals surface area contributed by atoms with Crippen LogP contribution in [0.15, 0.2) is 41.3 Å². The van der Waals surface area contributed by atoms with Crippen LogP contribution in [0.3, 0.4) is 0 Å². The Balaban J connectivity index is 1.63. The predicted octanol–water partition coefficient (Wildman–Crippen LogP) is 2.23. The highest BCUT2D eigenvalue weighted by atomic mass is 16.5. The number of likely N-dealkylation sites (tertiary alicyclic amines) is 1. The van der Waals surface area contributed by atoms with Gasteiger partial charge in [-0.05, 0) is 37.5 Å². The second-order valence-corrected chi connectivity index (χ2v) is 6.04. The lowest BCUT2D eigenvalue weighted by Crippen LogP contribution is -2.39. The van der Waals surface area contributed by atoms with Crippen molar-refractivity contribution in [3.8, 4) is 11.4 Å². The summed E-state index contributed by atoms with van der Waals surface area (Å²) in [6, 6.07) is 5.17. The molecule has 0 unspecified atom stereocenters. The molecule has 3 aromatic heterocycles. The van der Waals surface area contributed by atoms with Gasteiger partial charge in [-0.1, -0.05) is 5.16 Å². The standard InChI is InChI=1S/C17H18N6O2/c1-22-14(7-10-19-22)17(24)23-11-3-2-4-13(23)16-20-15(21-25-16)12-5-8-18-9-6-12/h5-10,13H,2-4,11H2,1H3/t13-/m1/s1. The molecule has 4 rings (SSSR count). The van der Waals surface area contributed by atoms with Crippen molar-refractivity contribution in [3.63, 3.8) is 0 Å². The molecule has 1 atom stereocenters. The molecular weight excluding hydrogens is 320 g/mol. The number of piperidine rings is 1. The molecule has 3 aromatic rings. The van der Waals surface area contributed by atoms with Crippen LogP contribution in [0.5, 0.6) is 0 Å². The second-order valence-electron chi connectivity index (χ2n) is 6.04. The minimum Gasteiger partial charge on any atom is -0.337 e. The summed E-state index contributed by atoms with van der Waals surface area (Å²) in [5.74, 6) is 0.922. The fraction of sp³-hybridized carbons (Fsp3) is 0.353. The van der Waals surface area contributed by atoms with E-state index in [1.165, 1.54) is 0 Å². The molecule has 0 aliphatic carbocycles. The van der Waals surface area contributed by atoms with Crippen LogP contribution in [0.1, 0.15) is 41.7 Å². The van der Waals surface area contributed by atoms with E-state index in [9.17, 15) is 4.79 Å². The van der Waals surface area contributed by atoms with Crippen molar-refractivity contribution in [2.24, 2.45) is 7.05 Å². The van der Waals surface area contributed by atoms with Crippen molar-refractivity contribution in [2.45, 2.75) is 25.3 Å². The Labute approximate surface area is 144 Å². The number of hydrogen-bond donors (Lipinski definition) is 0. The summed E-state index contributed by atoms with van der Waals surface area (Å²) in [6.45, 7) is 0.668. The lowest BCUT2D eigenvalue weighted by atomic mass is 10.0. The average Bonchev–Trinajstić information content (AvgIpc) is 3.31. The van der Waals surface area contributed by atoms with E-state index in [1.54, 1.807) is 36.4 Å². The summed E-state index contributed by atoms with van der Waals surface area (Å²) in [4.78, 5) is 23.2. The third-order valence-corrected chi connectivity index (χ3v) is 4.47. The molecule has 0 aromatic carbocycles. The summed E-state index contributed by atoms with van der Waals surface area (Å²) in [5, 5.41) is 8.15. The van der Waals surface area contributed by atoms with Gasteiger partial charge in [0.05, 0.1) is 0 Å². The van der Waals surface area contributed by atoms with E-state index in [0.29, 0.717) is 24.0 Å². The van der Waals surface area contributed by atoms with E-state index in [0.717, 1.165) is 24.8 Å². The summed E-state index contributed by atoms with van der Waals surface area (Å²) in [5.41, 5.74) is 1.39. The number of nitrogens with zero attached hydrogens (tertiary/aromatic N) is 6. The monoisotopic (exact) mass is 338 g/mol. The molecule has 1 saturated heterocycles. The highest BCUT2D eigenvalue weighted by Gasteiger charge is 2.33. The van der Waals surface area contributed by atoms with Crippen molar-refractivity contribution in [3.05, 3.63) is 48.4 Å². The van der Waals surface area contributed by atoms with Gasteiger partial charge < -0.3 is 9.42 Å². The molecule has 8 heteroatoms.